The van der Waals surface area contributed by atoms with Gasteiger partial charge < -0.3 is 10.1 Å². The number of aromatic nitrogens is 1. The Morgan fingerprint density at radius 1 is 1.38 bits per heavy atom. The van der Waals surface area contributed by atoms with E-state index in [1.54, 1.807) is 18.3 Å². The van der Waals surface area contributed by atoms with Crippen LogP contribution in [0.25, 0.3) is 0 Å². The zero-order valence-corrected chi connectivity index (χ0v) is 13.4. The number of carboxylic acids is 1. The van der Waals surface area contributed by atoms with E-state index in [2.05, 4.69) is 9.71 Å². The molecular formula is C13H16N2O4S2. The van der Waals surface area contributed by atoms with Gasteiger partial charge in [-0.1, -0.05) is 0 Å². The topological polar surface area (TPSA) is 99.3 Å². The van der Waals surface area contributed by atoms with Crippen molar-refractivity contribution in [3.05, 3.63) is 39.3 Å². The van der Waals surface area contributed by atoms with E-state index in [9.17, 15) is 13.2 Å². The van der Waals surface area contributed by atoms with Crippen LogP contribution in [0.1, 0.15) is 38.8 Å². The van der Waals surface area contributed by atoms with E-state index < -0.39 is 16.0 Å². The lowest BCUT2D eigenvalue weighted by atomic mass is 10.1. The minimum absolute atomic E-state index is 0.0867. The first-order valence-corrected chi connectivity index (χ1v) is 8.51. The SMILES string of the molecule is Cc1cc(C(C)NS(=O)(=O)c2c[nH]c(C(=O)O)c2)c(C)s1. The quantitative estimate of drug-likeness (QED) is 0.785. The largest absolute Gasteiger partial charge is 0.477 e. The second-order valence-corrected chi connectivity index (χ2v) is 7.94. The summed E-state index contributed by atoms with van der Waals surface area (Å²) < 4.78 is 27.1. The Bertz CT molecular complexity index is 774. The third-order valence-electron chi connectivity index (χ3n) is 3.08. The summed E-state index contributed by atoms with van der Waals surface area (Å²) in [5.74, 6) is -1.20. The molecule has 6 nitrogen and oxygen atoms in total. The van der Waals surface area contributed by atoms with Crippen LogP contribution in [-0.4, -0.2) is 24.5 Å². The van der Waals surface area contributed by atoms with Crippen molar-refractivity contribution >= 4 is 27.3 Å². The van der Waals surface area contributed by atoms with Crippen LogP contribution < -0.4 is 4.72 Å². The van der Waals surface area contributed by atoms with E-state index in [1.165, 1.54) is 6.20 Å². The summed E-state index contributed by atoms with van der Waals surface area (Å²) in [6, 6.07) is 2.67. The summed E-state index contributed by atoms with van der Waals surface area (Å²) in [5.41, 5.74) is 0.764. The Morgan fingerprint density at radius 2 is 2.05 bits per heavy atom. The van der Waals surface area contributed by atoms with E-state index in [4.69, 9.17) is 5.11 Å². The maximum atomic E-state index is 12.2. The van der Waals surface area contributed by atoms with Gasteiger partial charge in [-0.15, -0.1) is 11.3 Å². The molecular weight excluding hydrogens is 312 g/mol. The standard InChI is InChI=1S/C13H16N2O4S2/c1-7-4-11(9(3)20-7)8(2)15-21(18,19)10-5-12(13(16)17)14-6-10/h4-6,8,14-15H,1-3H3,(H,16,17). The molecule has 0 spiro atoms. The Labute approximate surface area is 126 Å². The van der Waals surface area contributed by atoms with Crippen molar-refractivity contribution in [3.8, 4) is 0 Å². The minimum atomic E-state index is -3.77. The summed E-state index contributed by atoms with van der Waals surface area (Å²) in [6.45, 7) is 5.67. The molecule has 2 rings (SSSR count). The van der Waals surface area contributed by atoms with Gasteiger partial charge in [-0.2, -0.15) is 0 Å². The predicted molar refractivity (Wildman–Crippen MR) is 80.3 cm³/mol. The number of nitrogens with one attached hydrogen (secondary N) is 2. The number of thiophene rings is 1. The van der Waals surface area contributed by atoms with Gasteiger partial charge in [0, 0.05) is 22.0 Å². The smallest absolute Gasteiger partial charge is 0.352 e. The molecule has 0 aliphatic rings. The number of hydrogen-bond donors (Lipinski definition) is 3. The van der Waals surface area contributed by atoms with Crippen LogP contribution in [0.4, 0.5) is 0 Å². The third-order valence-corrected chi connectivity index (χ3v) is 5.58. The highest BCUT2D eigenvalue weighted by molar-refractivity contribution is 7.89. The lowest BCUT2D eigenvalue weighted by molar-refractivity contribution is 0.0691. The van der Waals surface area contributed by atoms with Gasteiger partial charge in [-0.25, -0.2) is 17.9 Å². The molecule has 1 atom stereocenters. The van der Waals surface area contributed by atoms with Crippen LogP contribution >= 0.6 is 11.3 Å². The highest BCUT2D eigenvalue weighted by atomic mass is 32.2. The molecule has 0 bridgehead atoms. The average Bonchev–Trinajstić information content (AvgIpc) is 2.95. The van der Waals surface area contributed by atoms with E-state index in [0.29, 0.717) is 0 Å². The second-order valence-electron chi connectivity index (χ2n) is 4.77. The van der Waals surface area contributed by atoms with Crippen LogP contribution in [0.15, 0.2) is 23.2 Å². The van der Waals surface area contributed by atoms with E-state index >= 15 is 0 Å². The molecule has 3 N–H and O–H groups in total. The van der Waals surface area contributed by atoms with Gasteiger partial charge >= 0.3 is 5.97 Å². The molecule has 0 amide bonds. The molecule has 2 aromatic heterocycles. The molecule has 0 saturated heterocycles. The molecule has 0 fully saturated rings. The van der Waals surface area contributed by atoms with Gasteiger partial charge in [0.1, 0.15) is 10.6 Å². The van der Waals surface area contributed by atoms with Crippen molar-refractivity contribution in [2.24, 2.45) is 0 Å². The number of aryl methyl sites for hydroxylation is 2. The van der Waals surface area contributed by atoms with Crippen molar-refractivity contribution in [1.82, 2.24) is 9.71 Å². The highest BCUT2D eigenvalue weighted by Crippen LogP contribution is 2.27. The molecule has 0 saturated carbocycles. The third kappa shape index (κ3) is 3.34. The van der Waals surface area contributed by atoms with Gasteiger partial charge in [-0.05, 0) is 38.5 Å². The fraction of sp³-hybridized carbons (Fsp3) is 0.308. The highest BCUT2D eigenvalue weighted by Gasteiger charge is 2.22. The number of aromatic carboxylic acids is 1. The normalized spacial score (nSPS) is 13.3. The van der Waals surface area contributed by atoms with Crippen LogP contribution in [-0.2, 0) is 10.0 Å². The van der Waals surface area contributed by atoms with Crippen molar-refractivity contribution in [3.63, 3.8) is 0 Å². The molecule has 0 aromatic carbocycles. The fourth-order valence-electron chi connectivity index (χ4n) is 2.10. The zero-order valence-electron chi connectivity index (χ0n) is 11.8. The monoisotopic (exact) mass is 328 g/mol. The number of aromatic amines is 1. The van der Waals surface area contributed by atoms with Crippen LogP contribution in [0.5, 0.6) is 0 Å². The molecule has 8 heteroatoms. The molecule has 21 heavy (non-hydrogen) atoms. The van der Waals surface area contributed by atoms with Gasteiger partial charge in [0.05, 0.1) is 0 Å². The maximum Gasteiger partial charge on any atom is 0.352 e. The number of H-pyrrole nitrogens is 1. The molecule has 0 aliphatic heterocycles. The molecule has 114 valence electrons. The Morgan fingerprint density at radius 3 is 2.52 bits per heavy atom. The van der Waals surface area contributed by atoms with Crippen LogP contribution in [0, 0.1) is 13.8 Å². The van der Waals surface area contributed by atoms with Gasteiger partial charge in [-0.3, -0.25) is 0 Å². The predicted octanol–water partition coefficient (Wildman–Crippen LogP) is 2.43. The summed E-state index contributed by atoms with van der Waals surface area (Å²) in [6.07, 6.45) is 1.17. The number of hydrogen-bond acceptors (Lipinski definition) is 4. The van der Waals surface area contributed by atoms with E-state index in [0.717, 1.165) is 21.4 Å². The summed E-state index contributed by atoms with van der Waals surface area (Å²) >= 11 is 1.61. The number of carbonyl (C=O) groups is 1. The summed E-state index contributed by atoms with van der Waals surface area (Å²) in [5, 5.41) is 8.82. The van der Waals surface area contributed by atoms with Gasteiger partial charge in [0.2, 0.25) is 10.0 Å². The van der Waals surface area contributed by atoms with Crippen molar-refractivity contribution < 1.29 is 18.3 Å². The van der Waals surface area contributed by atoms with Crippen LogP contribution in [0.2, 0.25) is 0 Å². The van der Waals surface area contributed by atoms with Crippen LogP contribution in [0.3, 0.4) is 0 Å². The number of rotatable bonds is 5. The van der Waals surface area contributed by atoms with Crippen molar-refractivity contribution in [2.45, 2.75) is 31.7 Å². The lowest BCUT2D eigenvalue weighted by Gasteiger charge is -2.13. The van der Waals surface area contributed by atoms with Gasteiger partial charge in [0.25, 0.3) is 0 Å². The van der Waals surface area contributed by atoms with Crippen molar-refractivity contribution in [2.75, 3.05) is 0 Å². The first kappa shape index (κ1) is 15.7. The van der Waals surface area contributed by atoms with Gasteiger partial charge in [0.15, 0.2) is 0 Å². The first-order chi connectivity index (χ1) is 9.70. The molecule has 0 aliphatic carbocycles. The first-order valence-electron chi connectivity index (χ1n) is 6.21. The molecule has 0 radical (unpaired) electrons. The Kier molecular flexibility index (Phi) is 4.22. The molecule has 1 unspecified atom stereocenters. The average molecular weight is 328 g/mol. The zero-order chi connectivity index (χ0) is 15.8. The number of carboxylic acid groups (broad SMARTS) is 1. The second kappa shape index (κ2) is 5.63. The summed E-state index contributed by atoms with van der Waals surface area (Å²) in [7, 11) is -3.77. The Balaban J connectivity index is 2.24. The van der Waals surface area contributed by atoms with E-state index in [-0.39, 0.29) is 16.6 Å². The van der Waals surface area contributed by atoms with E-state index in [1.807, 2.05) is 19.9 Å². The molecule has 2 aromatic rings. The summed E-state index contributed by atoms with van der Waals surface area (Å²) in [4.78, 5) is 15.3. The maximum absolute atomic E-state index is 12.2. The number of sulfonamides is 1. The van der Waals surface area contributed by atoms with Crippen molar-refractivity contribution in [1.29, 1.82) is 0 Å². The lowest BCUT2D eigenvalue weighted by Crippen LogP contribution is -2.26. The fourth-order valence-corrected chi connectivity index (χ4v) is 4.34. The Hall–Kier alpha value is -1.64. The minimum Gasteiger partial charge on any atom is -0.477 e. The molecule has 2 heterocycles.